The van der Waals surface area contributed by atoms with Crippen molar-refractivity contribution in [2.45, 2.75) is 188 Å². The fraction of sp³-hybridized carbons (Fsp3) is 0.464. The van der Waals surface area contributed by atoms with Gasteiger partial charge in [-0.3, -0.25) is 48.6 Å². The quantitative estimate of drug-likeness (QED) is 0.0432. The number of likely N-dealkylation sites (tertiary alicyclic amines) is 1. The summed E-state index contributed by atoms with van der Waals surface area (Å²) in [5.41, 5.74) is 5.00. The minimum absolute atomic E-state index is 0.0897. The third kappa shape index (κ3) is 22.6. The van der Waals surface area contributed by atoms with E-state index in [-0.39, 0.29) is 76.7 Å². The van der Waals surface area contributed by atoms with Crippen LogP contribution in [0.1, 0.15) is 124 Å². The Bertz CT molecular complexity index is 5100. The maximum atomic E-state index is 16.3. The van der Waals surface area contributed by atoms with Crippen molar-refractivity contribution in [3.63, 3.8) is 0 Å². The van der Waals surface area contributed by atoms with E-state index in [1.54, 1.807) is 13.8 Å². The molecule has 6 aromatic rings. The number of aromatic hydroxyl groups is 3. The molecule has 127 heavy (non-hydrogen) atoms. The lowest BCUT2D eigenvalue weighted by Crippen LogP contribution is -2.66. The molecule has 3 fully saturated rings. The summed E-state index contributed by atoms with van der Waals surface area (Å²) in [5, 5.41) is 131. The van der Waals surface area contributed by atoms with Gasteiger partial charge in [-0.25, -0.2) is 5.01 Å². The number of hydrogen-bond donors (Lipinski definition) is 20. The number of carbonyl (C=O) groups is 9. The van der Waals surface area contributed by atoms with Crippen molar-refractivity contribution in [2.24, 2.45) is 11.7 Å². The van der Waals surface area contributed by atoms with Gasteiger partial charge in [-0.15, -0.1) is 13.2 Å². The van der Waals surface area contributed by atoms with E-state index in [4.69, 9.17) is 57.4 Å². The minimum atomic E-state index is -4.88. The molecule has 0 saturated carbocycles. The van der Waals surface area contributed by atoms with Crippen LogP contribution in [0.4, 0.5) is 13.2 Å². The van der Waals surface area contributed by atoms with Crippen LogP contribution in [0.3, 0.4) is 0 Å². The molecule has 0 aliphatic carbocycles. The second kappa shape index (κ2) is 40.1. The van der Waals surface area contributed by atoms with E-state index in [9.17, 15) is 78.3 Å². The molecule has 21 N–H and O–H groups in total. The molecular weight excluding hydrogens is 1720 g/mol. The van der Waals surface area contributed by atoms with Crippen LogP contribution >= 0.6 is 23.2 Å². The third-order valence-corrected chi connectivity index (χ3v) is 23.1. The van der Waals surface area contributed by atoms with Crippen molar-refractivity contribution in [1.82, 2.24) is 63.2 Å². The monoisotopic (exact) mass is 1820 g/mol. The summed E-state index contributed by atoms with van der Waals surface area (Å²) in [6.07, 6.45) is -22.9. The molecule has 8 aliphatic heterocycles. The van der Waals surface area contributed by atoms with Crippen molar-refractivity contribution in [1.29, 1.82) is 0 Å². The van der Waals surface area contributed by atoms with Crippen LogP contribution in [0.5, 0.6) is 51.7 Å². The Morgan fingerprint density at radius 3 is 1.94 bits per heavy atom. The van der Waals surface area contributed by atoms with Gasteiger partial charge in [0.25, 0.3) is 5.91 Å². The summed E-state index contributed by atoms with van der Waals surface area (Å²) in [7, 11) is 4.29. The number of aliphatic hydroxyl groups is 6. The summed E-state index contributed by atoms with van der Waals surface area (Å²) in [6, 6.07) is 4.70. The number of nitrogens with zero attached hydrogens (tertiary/aromatic N) is 2. The fourth-order valence-electron chi connectivity index (χ4n) is 16.0. The van der Waals surface area contributed by atoms with Gasteiger partial charge in [-0.1, -0.05) is 67.4 Å². The van der Waals surface area contributed by atoms with E-state index in [1.165, 1.54) is 56.5 Å². The molecule has 0 radical (unpaired) electrons. The van der Waals surface area contributed by atoms with Crippen molar-refractivity contribution in [3.05, 3.63) is 147 Å². The van der Waals surface area contributed by atoms with Crippen LogP contribution in [0.25, 0.3) is 11.1 Å². The van der Waals surface area contributed by atoms with Crippen LogP contribution < -0.4 is 78.0 Å². The van der Waals surface area contributed by atoms with Crippen molar-refractivity contribution in [2.75, 3.05) is 53.9 Å². The number of primary amides is 1. The number of nitrogens with one attached hydrogen (secondary N) is 10. The SMILES string of the molecule is CNC(CC(C)C)C(=O)NC1C(=O)NC(CC(N)=O)C(=O)NC2C(=O)NC3C(=O)NC(C(=O)N[C@@H](C(=O)NN(C)C)c4cc(O)cc(O)c4-c4cc3ccc4O)C(O)c3ccc(c(Cl)c3)Oc3cc2cc(c3OC2OC(CO)C(O)C(O)C2OC2C[C@@](C)(NCCN3CCC(NC(=O)Cc4ccc(OC(F)(F)F)cc4)CC3)C(O)C(C)O2)Oc2ccc(cc2Cl)C1O. The van der Waals surface area contributed by atoms with E-state index in [0.717, 1.165) is 72.8 Å². The Labute approximate surface area is 734 Å². The van der Waals surface area contributed by atoms with Gasteiger partial charge < -0.3 is 138 Å². The van der Waals surface area contributed by atoms with Crippen LogP contribution in [-0.2, 0) is 63.8 Å². The molecule has 3 saturated heterocycles. The molecule has 9 amide bonds. The first-order valence-electron chi connectivity index (χ1n) is 40.6. The molecule has 8 aliphatic rings. The topological polar surface area (TPSA) is 553 Å². The number of piperidine rings is 1. The number of amides is 9. The lowest BCUT2D eigenvalue weighted by molar-refractivity contribution is -0.334. The van der Waals surface area contributed by atoms with E-state index in [1.807, 2.05) is 13.8 Å². The van der Waals surface area contributed by atoms with Crippen molar-refractivity contribution in [3.8, 4) is 62.9 Å². The summed E-state index contributed by atoms with van der Waals surface area (Å²) < 4.78 is 81.8. The van der Waals surface area contributed by atoms with Crippen LogP contribution in [-0.4, -0.2) is 254 Å². The molecule has 18 atom stereocenters. The Morgan fingerprint density at radius 1 is 0.717 bits per heavy atom. The number of hydrogen-bond acceptors (Lipinski definition) is 29. The number of rotatable bonds is 22. The molecule has 43 heteroatoms. The third-order valence-electron chi connectivity index (χ3n) is 22.5. The molecular formula is C84H100Cl2F3N13O25. The van der Waals surface area contributed by atoms with Crippen LogP contribution in [0, 0.1) is 5.92 Å². The highest BCUT2D eigenvalue weighted by Gasteiger charge is 2.53. The molecule has 8 heterocycles. The Kier molecular flexibility index (Phi) is 30.0. The highest BCUT2D eigenvalue weighted by molar-refractivity contribution is 6.32. The maximum Gasteiger partial charge on any atom is 0.573 e. The number of likely N-dealkylation sites (N-methyl/N-ethyl adjacent to an activating group) is 1. The Morgan fingerprint density at radius 2 is 1.34 bits per heavy atom. The molecule has 0 aromatic heterocycles. The lowest BCUT2D eigenvalue weighted by Gasteiger charge is -2.48. The van der Waals surface area contributed by atoms with E-state index >= 15 is 24.0 Å². The molecule has 38 nitrogen and oxygen atoms in total. The predicted molar refractivity (Wildman–Crippen MR) is 442 cm³/mol. The average Bonchev–Trinajstić information content (AvgIpc) is 0.764. The van der Waals surface area contributed by atoms with Gasteiger partial charge >= 0.3 is 6.36 Å². The number of phenolic OH excluding ortho intramolecular Hbond substituents is 3. The van der Waals surface area contributed by atoms with Gasteiger partial charge in [-0.2, -0.15) is 0 Å². The van der Waals surface area contributed by atoms with E-state index < -0.39 is 244 Å². The van der Waals surface area contributed by atoms with Gasteiger partial charge in [0, 0.05) is 75.5 Å². The average molecular weight is 1820 g/mol. The maximum absolute atomic E-state index is 16.3. The Hall–Kier alpha value is -11.0. The largest absolute Gasteiger partial charge is 0.573 e. The van der Waals surface area contributed by atoms with Gasteiger partial charge in [0.05, 0.1) is 47.7 Å². The summed E-state index contributed by atoms with van der Waals surface area (Å²) in [6.45, 7) is 7.60. The van der Waals surface area contributed by atoms with E-state index in [0.29, 0.717) is 38.0 Å². The first-order chi connectivity index (χ1) is 60.0. The lowest BCUT2D eigenvalue weighted by atomic mass is 9.85. The van der Waals surface area contributed by atoms with Crippen molar-refractivity contribution >= 4 is 76.4 Å². The number of ether oxygens (including phenoxy) is 7. The van der Waals surface area contributed by atoms with Gasteiger partial charge in [-0.05, 0) is 146 Å². The minimum Gasteiger partial charge on any atom is -0.508 e. The summed E-state index contributed by atoms with van der Waals surface area (Å²) >= 11 is 14.4. The van der Waals surface area contributed by atoms with Gasteiger partial charge in [0.2, 0.25) is 59.3 Å². The van der Waals surface area contributed by atoms with Gasteiger partial charge in [0.15, 0.2) is 23.9 Å². The Balaban J connectivity index is 0.961. The van der Waals surface area contributed by atoms with Crippen LogP contribution in [0.15, 0.2) is 103 Å². The smallest absolute Gasteiger partial charge is 0.508 e. The molecule has 6 aromatic carbocycles. The first kappa shape index (κ1) is 95.1. The normalized spacial score (nSPS) is 26.9. The summed E-state index contributed by atoms with van der Waals surface area (Å²) in [4.78, 5) is 135. The number of aliphatic hydroxyl groups excluding tert-OH is 6. The molecule has 686 valence electrons. The zero-order chi connectivity index (χ0) is 92.1. The van der Waals surface area contributed by atoms with Crippen molar-refractivity contribution < 1.29 is 135 Å². The molecule has 11 bridgehead atoms. The number of fused-ring (bicyclic) bond motifs is 15. The second-order valence-electron chi connectivity index (χ2n) is 32.6. The number of halogens is 5. The number of alkyl halides is 3. The highest BCUT2D eigenvalue weighted by atomic mass is 35.5. The zero-order valence-corrected chi connectivity index (χ0v) is 71.0. The standard InChI is InChI=1S/C84H100Cl2F3N13O25/c1-36(2)24-50(91-5)75(114)98-66-68(109)40-11-16-54(48(85)27-40)122-56-29-42-30-57(72(56)126-82-73(71(112)70(111)58(35-103)124-82)125-61-34-83(4,74(113)37(3)121-61)92-20-23-102-21-18-43(19-22-102)93-60(108)25-38-8-13-45(14-9-38)127-84(87,88)89)123-55-17-12-41(28-49(55)86)69(110)67-80(119)97-65(81(120)100-101(6)7)47-31-44(104)32-53(106)62(47)46-26-39(10-15-52(46)105)63(77(116)99-67)96-78(117)64(42)95-76(115)51(33-59(90)107)94-79(66)118/h8-17,26-32,36-37,43,50-51,58,61,63-71,73-74,82,91-92,103-106,109-113H,18-25,33-35H2,1-7H3,(H2,90,107)(H,93,108)(H,94,118)(H,95,115)(H,96,117)(H,97,119)(H,98,114)(H,99,116)(H,100,120)/t37?,50?,51?,58?,61?,63?,64?,65-,66?,67?,68?,69?,70?,71?,73?,74?,82?,83-/m1/s1. The van der Waals surface area contributed by atoms with Gasteiger partial charge in [0.1, 0.15) is 101 Å². The number of phenols is 3. The fourth-order valence-corrected chi connectivity index (χ4v) is 16.5. The summed E-state index contributed by atoms with van der Waals surface area (Å²) in [5.74, 6) is -15.8. The molecule has 14 rings (SSSR count). The molecule has 16 unspecified atom stereocenters. The number of benzene rings is 6. The number of nitrogens with two attached hydrogens (primary N) is 1. The highest BCUT2D eigenvalue weighted by Crippen LogP contribution is 2.50. The van der Waals surface area contributed by atoms with Crippen LogP contribution in [0.2, 0.25) is 10.0 Å². The predicted octanol–water partition coefficient (Wildman–Crippen LogP) is 1.97. The number of carbonyl (C=O) groups excluding carboxylic acids is 9. The number of hydrazine groups is 1. The second-order valence-corrected chi connectivity index (χ2v) is 33.5. The zero-order valence-electron chi connectivity index (χ0n) is 69.5. The first-order valence-corrected chi connectivity index (χ1v) is 41.3. The molecule has 0 spiro atoms. The van der Waals surface area contributed by atoms with E-state index in [2.05, 4.69) is 62.9 Å².